The number of anilines is 1. The van der Waals surface area contributed by atoms with Crippen molar-refractivity contribution in [3.8, 4) is 0 Å². The standard InChI is InChI=1S/C19H24N6S/c1-2-6-17-22-23-19(26-17)25-11-5-7-15(13-25)18-21-10-12-24(18)14-16-8-3-4-9-20-16/h3-4,8-10,12,15H,2,5-7,11,13-14H2,1H3. The van der Waals surface area contributed by atoms with Gasteiger partial charge in [0.05, 0.1) is 12.2 Å². The predicted molar refractivity (Wildman–Crippen MR) is 104 cm³/mol. The van der Waals surface area contributed by atoms with Crippen molar-refractivity contribution in [1.82, 2.24) is 24.7 Å². The average molecular weight is 369 g/mol. The molecule has 1 saturated heterocycles. The van der Waals surface area contributed by atoms with E-state index in [0.717, 1.165) is 67.0 Å². The average Bonchev–Trinajstić information content (AvgIpc) is 3.33. The van der Waals surface area contributed by atoms with Crippen molar-refractivity contribution in [2.24, 2.45) is 0 Å². The highest BCUT2D eigenvalue weighted by atomic mass is 32.1. The number of pyridine rings is 1. The van der Waals surface area contributed by atoms with Crippen molar-refractivity contribution in [3.05, 3.63) is 53.3 Å². The lowest BCUT2D eigenvalue weighted by atomic mass is 9.97. The van der Waals surface area contributed by atoms with Crippen LogP contribution in [0, 0.1) is 0 Å². The summed E-state index contributed by atoms with van der Waals surface area (Å²) in [6.07, 6.45) is 10.3. The molecule has 0 amide bonds. The fraction of sp³-hybridized carbons (Fsp3) is 0.474. The normalized spacial score (nSPS) is 17.6. The third-order valence-corrected chi connectivity index (χ3v) is 5.83. The van der Waals surface area contributed by atoms with E-state index in [4.69, 9.17) is 0 Å². The van der Waals surface area contributed by atoms with Crippen LogP contribution < -0.4 is 4.90 Å². The first-order chi connectivity index (χ1) is 12.8. The first-order valence-corrected chi connectivity index (χ1v) is 10.1. The third kappa shape index (κ3) is 3.77. The van der Waals surface area contributed by atoms with E-state index in [1.165, 1.54) is 0 Å². The quantitative estimate of drug-likeness (QED) is 0.666. The van der Waals surface area contributed by atoms with Gasteiger partial charge >= 0.3 is 0 Å². The van der Waals surface area contributed by atoms with Crippen molar-refractivity contribution in [2.75, 3.05) is 18.0 Å². The second-order valence-corrected chi connectivity index (χ2v) is 7.79. The van der Waals surface area contributed by atoms with Gasteiger partial charge in [-0.3, -0.25) is 4.98 Å². The first kappa shape index (κ1) is 17.1. The molecule has 1 atom stereocenters. The Balaban J connectivity index is 1.49. The molecule has 4 rings (SSSR count). The molecule has 1 unspecified atom stereocenters. The van der Waals surface area contributed by atoms with Gasteiger partial charge in [0, 0.05) is 44.0 Å². The topological polar surface area (TPSA) is 59.7 Å². The van der Waals surface area contributed by atoms with Gasteiger partial charge in [0.1, 0.15) is 10.8 Å². The fourth-order valence-corrected chi connectivity index (χ4v) is 4.50. The molecule has 0 radical (unpaired) electrons. The highest BCUT2D eigenvalue weighted by Gasteiger charge is 2.26. The maximum absolute atomic E-state index is 4.67. The molecule has 0 aromatic carbocycles. The molecule has 26 heavy (non-hydrogen) atoms. The third-order valence-electron chi connectivity index (χ3n) is 4.78. The lowest BCUT2D eigenvalue weighted by Crippen LogP contribution is -2.35. The van der Waals surface area contributed by atoms with Crippen LogP contribution in [0.2, 0.25) is 0 Å². The van der Waals surface area contributed by atoms with Crippen LogP contribution in [0.15, 0.2) is 36.8 Å². The molecule has 136 valence electrons. The molecular weight excluding hydrogens is 344 g/mol. The summed E-state index contributed by atoms with van der Waals surface area (Å²) in [5, 5.41) is 11.0. The second-order valence-electron chi connectivity index (χ2n) is 6.75. The van der Waals surface area contributed by atoms with Crippen LogP contribution >= 0.6 is 11.3 Å². The predicted octanol–water partition coefficient (Wildman–Crippen LogP) is 3.51. The molecular formula is C19H24N6S. The minimum atomic E-state index is 0.418. The molecule has 0 saturated carbocycles. The number of hydrogen-bond acceptors (Lipinski definition) is 6. The van der Waals surface area contributed by atoms with Crippen molar-refractivity contribution in [2.45, 2.75) is 45.1 Å². The largest absolute Gasteiger partial charge is 0.346 e. The maximum atomic E-state index is 4.67. The summed E-state index contributed by atoms with van der Waals surface area (Å²) >= 11 is 1.74. The van der Waals surface area contributed by atoms with Crippen molar-refractivity contribution in [3.63, 3.8) is 0 Å². The molecule has 4 heterocycles. The van der Waals surface area contributed by atoms with Gasteiger partial charge in [-0.2, -0.15) is 0 Å². The van der Waals surface area contributed by atoms with Crippen molar-refractivity contribution >= 4 is 16.5 Å². The smallest absolute Gasteiger partial charge is 0.208 e. The maximum Gasteiger partial charge on any atom is 0.208 e. The zero-order valence-electron chi connectivity index (χ0n) is 15.1. The second kappa shape index (κ2) is 7.95. The van der Waals surface area contributed by atoms with E-state index in [0.29, 0.717) is 5.92 Å². The van der Waals surface area contributed by atoms with Crippen LogP contribution in [0.3, 0.4) is 0 Å². The molecule has 6 nitrogen and oxygen atoms in total. The van der Waals surface area contributed by atoms with Crippen LogP contribution in [-0.2, 0) is 13.0 Å². The molecule has 7 heteroatoms. The number of rotatable bonds is 6. The molecule has 3 aromatic rings. The van der Waals surface area contributed by atoms with Crippen LogP contribution in [0.5, 0.6) is 0 Å². The molecule has 0 N–H and O–H groups in total. The number of aromatic nitrogens is 5. The van der Waals surface area contributed by atoms with Crippen LogP contribution in [0.1, 0.15) is 48.6 Å². The van der Waals surface area contributed by atoms with Crippen LogP contribution in [0.25, 0.3) is 0 Å². The Kier molecular flexibility index (Phi) is 5.24. The Morgan fingerprint density at radius 1 is 1.19 bits per heavy atom. The highest BCUT2D eigenvalue weighted by molar-refractivity contribution is 7.15. The monoisotopic (exact) mass is 368 g/mol. The Labute approximate surface area is 157 Å². The summed E-state index contributed by atoms with van der Waals surface area (Å²) < 4.78 is 2.24. The summed E-state index contributed by atoms with van der Waals surface area (Å²) in [5.74, 6) is 1.57. The van der Waals surface area contributed by atoms with E-state index in [-0.39, 0.29) is 0 Å². The van der Waals surface area contributed by atoms with E-state index in [1.807, 2.05) is 24.5 Å². The minimum absolute atomic E-state index is 0.418. The molecule has 3 aromatic heterocycles. The molecule has 1 fully saturated rings. The van der Waals surface area contributed by atoms with Gasteiger partial charge in [-0.15, -0.1) is 10.2 Å². The Morgan fingerprint density at radius 2 is 2.15 bits per heavy atom. The minimum Gasteiger partial charge on any atom is -0.346 e. The van der Waals surface area contributed by atoms with E-state index >= 15 is 0 Å². The van der Waals surface area contributed by atoms with Crippen LogP contribution in [-0.4, -0.2) is 37.8 Å². The summed E-state index contributed by atoms with van der Waals surface area (Å²) in [5.41, 5.74) is 1.06. The fourth-order valence-electron chi connectivity index (χ4n) is 3.53. The van der Waals surface area contributed by atoms with Crippen molar-refractivity contribution in [1.29, 1.82) is 0 Å². The van der Waals surface area contributed by atoms with E-state index < -0.39 is 0 Å². The lowest BCUT2D eigenvalue weighted by Gasteiger charge is -2.32. The van der Waals surface area contributed by atoms with Gasteiger partial charge in [0.25, 0.3) is 0 Å². The molecule has 1 aliphatic heterocycles. The molecule has 0 bridgehead atoms. The van der Waals surface area contributed by atoms with Crippen LogP contribution in [0.4, 0.5) is 5.13 Å². The van der Waals surface area contributed by atoms with Gasteiger partial charge in [-0.05, 0) is 31.4 Å². The number of imidazole rings is 1. The summed E-state index contributed by atoms with van der Waals surface area (Å²) in [7, 11) is 0. The summed E-state index contributed by atoms with van der Waals surface area (Å²) in [4.78, 5) is 11.5. The van der Waals surface area contributed by atoms with E-state index in [1.54, 1.807) is 11.3 Å². The number of hydrogen-bond donors (Lipinski definition) is 0. The number of nitrogens with zero attached hydrogens (tertiary/aromatic N) is 6. The Morgan fingerprint density at radius 3 is 3.00 bits per heavy atom. The highest BCUT2D eigenvalue weighted by Crippen LogP contribution is 2.31. The SMILES string of the molecule is CCCc1nnc(N2CCCC(c3nccn3Cc3ccccn3)C2)s1. The van der Waals surface area contributed by atoms with Gasteiger partial charge in [-0.1, -0.05) is 24.3 Å². The Hall–Kier alpha value is -2.28. The van der Waals surface area contributed by atoms with Gasteiger partial charge in [-0.25, -0.2) is 4.98 Å². The van der Waals surface area contributed by atoms with Gasteiger partial charge in [0.15, 0.2) is 0 Å². The molecule has 0 spiro atoms. The number of aryl methyl sites for hydroxylation is 1. The van der Waals surface area contributed by atoms with Crippen molar-refractivity contribution < 1.29 is 0 Å². The van der Waals surface area contributed by atoms with Gasteiger partial charge < -0.3 is 9.47 Å². The van der Waals surface area contributed by atoms with Gasteiger partial charge in [0.2, 0.25) is 5.13 Å². The first-order valence-electron chi connectivity index (χ1n) is 9.31. The lowest BCUT2D eigenvalue weighted by molar-refractivity contribution is 0.474. The zero-order valence-corrected chi connectivity index (χ0v) is 15.9. The summed E-state index contributed by atoms with van der Waals surface area (Å²) in [6.45, 7) is 4.96. The molecule has 1 aliphatic rings. The Bertz CT molecular complexity index is 827. The number of piperidine rings is 1. The molecule has 0 aliphatic carbocycles. The van der Waals surface area contributed by atoms with E-state index in [2.05, 4.69) is 48.8 Å². The zero-order chi connectivity index (χ0) is 17.8. The van der Waals surface area contributed by atoms with E-state index in [9.17, 15) is 0 Å². The summed E-state index contributed by atoms with van der Waals surface area (Å²) in [6, 6.07) is 6.05.